The number of nitrogens with two attached hydrogens (primary N) is 1. The first kappa shape index (κ1) is 13.1. The molecule has 0 amide bonds. The summed E-state index contributed by atoms with van der Waals surface area (Å²) in [5, 5.41) is 3.78. The molecule has 0 spiro atoms. The van der Waals surface area contributed by atoms with Crippen molar-refractivity contribution in [3.05, 3.63) is 27.1 Å². The number of hydrogen-bond donors (Lipinski definition) is 2. The minimum absolute atomic E-state index is 0.0555. The number of methoxy groups -OCH3 is 1. The summed E-state index contributed by atoms with van der Waals surface area (Å²) in [7, 11) is 1.42. The molecule has 0 saturated carbocycles. The minimum atomic E-state index is -0.439. The van der Waals surface area contributed by atoms with Crippen LogP contribution in [0.25, 0.3) is 0 Å². The van der Waals surface area contributed by atoms with Gasteiger partial charge in [0.15, 0.2) is 16.7 Å². The molecule has 16 heavy (non-hydrogen) atoms. The van der Waals surface area contributed by atoms with Crippen molar-refractivity contribution in [1.29, 1.82) is 0 Å². The molecule has 1 rings (SSSR count). The van der Waals surface area contributed by atoms with Crippen molar-refractivity contribution >= 4 is 46.1 Å². The van der Waals surface area contributed by atoms with Gasteiger partial charge in [0.2, 0.25) is 0 Å². The summed E-state index contributed by atoms with van der Waals surface area (Å²) >= 11 is 6.54. The van der Waals surface area contributed by atoms with Gasteiger partial charge in [0.1, 0.15) is 0 Å². The summed E-state index contributed by atoms with van der Waals surface area (Å²) in [6.45, 7) is 0. The third-order valence-electron chi connectivity index (χ3n) is 1.61. The first-order valence-electron chi connectivity index (χ1n) is 4.16. The van der Waals surface area contributed by atoms with Crippen molar-refractivity contribution < 1.29 is 9.13 Å². The van der Waals surface area contributed by atoms with E-state index in [1.54, 1.807) is 6.07 Å². The number of nitrogens with zero attached hydrogens (tertiary/aromatic N) is 1. The average molecular weight is 353 g/mol. The fourth-order valence-electron chi connectivity index (χ4n) is 1.02. The van der Waals surface area contributed by atoms with Gasteiger partial charge in [-0.3, -0.25) is 5.43 Å². The van der Waals surface area contributed by atoms with Gasteiger partial charge in [-0.1, -0.05) is 0 Å². The number of nitrogens with one attached hydrogen (secondary N) is 1. The Kier molecular flexibility index (Phi) is 4.87. The Morgan fingerprint density at radius 1 is 1.69 bits per heavy atom. The molecule has 4 nitrogen and oxygen atoms in total. The monoisotopic (exact) mass is 353 g/mol. The van der Waals surface area contributed by atoms with E-state index in [4.69, 9.17) is 10.5 Å². The van der Waals surface area contributed by atoms with Crippen LogP contribution in [0, 0.1) is 9.39 Å². The Hall–Kier alpha value is -0.960. The van der Waals surface area contributed by atoms with Crippen molar-refractivity contribution in [1.82, 2.24) is 5.43 Å². The van der Waals surface area contributed by atoms with Crippen molar-refractivity contribution in [2.75, 3.05) is 7.11 Å². The summed E-state index contributed by atoms with van der Waals surface area (Å²) in [6.07, 6.45) is 1.42. The quantitative estimate of drug-likeness (QED) is 0.375. The molecule has 0 radical (unpaired) electrons. The van der Waals surface area contributed by atoms with Gasteiger partial charge in [0.05, 0.1) is 16.9 Å². The van der Waals surface area contributed by atoms with E-state index in [1.165, 1.54) is 19.4 Å². The fraction of sp³-hybridized carbons (Fsp3) is 0.111. The van der Waals surface area contributed by atoms with Gasteiger partial charge in [-0.2, -0.15) is 5.10 Å². The molecule has 0 aliphatic rings. The molecule has 3 N–H and O–H groups in total. The van der Waals surface area contributed by atoms with Crippen molar-refractivity contribution in [3.8, 4) is 5.75 Å². The fourth-order valence-corrected chi connectivity index (χ4v) is 1.91. The second kappa shape index (κ2) is 5.94. The highest BCUT2D eigenvalue weighted by molar-refractivity contribution is 14.1. The van der Waals surface area contributed by atoms with Gasteiger partial charge >= 0.3 is 0 Å². The molecule has 0 aliphatic heterocycles. The Morgan fingerprint density at radius 2 is 2.38 bits per heavy atom. The van der Waals surface area contributed by atoms with Gasteiger partial charge in [-0.15, -0.1) is 0 Å². The molecule has 0 bridgehead atoms. The first-order chi connectivity index (χ1) is 7.54. The van der Waals surface area contributed by atoms with Gasteiger partial charge in [-0.25, -0.2) is 4.39 Å². The number of hydrazone groups is 1. The Bertz CT molecular complexity index is 416. The standard InChI is InChI=1S/C9H9FIN3OS/c1-15-8-6(10)2-5(3-7(8)11)4-13-14-9(12)16/h2-4H,1H3,(H3,12,14,16). The zero-order valence-corrected chi connectivity index (χ0v) is 11.3. The predicted molar refractivity (Wildman–Crippen MR) is 73.2 cm³/mol. The molecule has 1 aromatic carbocycles. The summed E-state index contributed by atoms with van der Waals surface area (Å²) in [5.74, 6) is -0.216. The van der Waals surface area contributed by atoms with Crippen LogP contribution in [0.4, 0.5) is 4.39 Å². The van der Waals surface area contributed by atoms with Gasteiger partial charge in [-0.05, 0) is 52.5 Å². The highest BCUT2D eigenvalue weighted by atomic mass is 127. The molecule has 0 fully saturated rings. The lowest BCUT2D eigenvalue weighted by Gasteiger charge is -2.05. The molecule has 1 aromatic rings. The third kappa shape index (κ3) is 3.56. The number of rotatable bonds is 3. The van der Waals surface area contributed by atoms with Crippen molar-refractivity contribution in [3.63, 3.8) is 0 Å². The zero-order chi connectivity index (χ0) is 12.1. The van der Waals surface area contributed by atoms with E-state index in [9.17, 15) is 4.39 Å². The van der Waals surface area contributed by atoms with Crippen molar-refractivity contribution in [2.45, 2.75) is 0 Å². The molecular weight excluding hydrogens is 344 g/mol. The number of halogens is 2. The van der Waals surface area contributed by atoms with E-state index in [-0.39, 0.29) is 10.9 Å². The van der Waals surface area contributed by atoms with Crippen LogP contribution in [0.2, 0.25) is 0 Å². The van der Waals surface area contributed by atoms with Gasteiger partial charge in [0, 0.05) is 0 Å². The lowest BCUT2D eigenvalue weighted by Crippen LogP contribution is -2.24. The topological polar surface area (TPSA) is 59.6 Å². The molecule has 7 heteroatoms. The molecule has 0 aliphatic carbocycles. The lowest BCUT2D eigenvalue weighted by molar-refractivity contribution is 0.383. The highest BCUT2D eigenvalue weighted by Gasteiger charge is 2.08. The summed E-state index contributed by atoms with van der Waals surface area (Å²) < 4.78 is 19.0. The Morgan fingerprint density at radius 3 is 2.88 bits per heavy atom. The Labute approximate surface area is 111 Å². The second-order valence-corrected chi connectivity index (χ2v) is 4.35. The van der Waals surface area contributed by atoms with Crippen molar-refractivity contribution in [2.24, 2.45) is 10.8 Å². The molecule has 0 saturated heterocycles. The predicted octanol–water partition coefficient (Wildman–Crippen LogP) is 1.61. The van der Waals surface area contributed by atoms with Gasteiger partial charge < -0.3 is 10.5 Å². The van der Waals surface area contributed by atoms with Crippen LogP contribution in [-0.2, 0) is 0 Å². The molecule has 0 unspecified atom stereocenters. The summed E-state index contributed by atoms with van der Waals surface area (Å²) in [6, 6.07) is 3.04. The smallest absolute Gasteiger partial charge is 0.184 e. The average Bonchev–Trinajstić information content (AvgIpc) is 2.16. The zero-order valence-electron chi connectivity index (χ0n) is 8.33. The van der Waals surface area contributed by atoms with Gasteiger partial charge in [0.25, 0.3) is 0 Å². The molecule has 86 valence electrons. The third-order valence-corrected chi connectivity index (χ3v) is 2.51. The van der Waals surface area contributed by atoms with Crippen LogP contribution < -0.4 is 15.9 Å². The summed E-state index contributed by atoms with van der Waals surface area (Å²) in [4.78, 5) is 0. The van der Waals surface area contributed by atoms with E-state index >= 15 is 0 Å². The number of thiocarbonyl (C=S) groups is 1. The van der Waals surface area contributed by atoms with E-state index in [1.807, 2.05) is 22.6 Å². The van der Waals surface area contributed by atoms with Crippen LogP contribution >= 0.6 is 34.8 Å². The SMILES string of the molecule is COc1c(F)cc(C=NNC(N)=S)cc1I. The van der Waals surface area contributed by atoms with Crippen LogP contribution in [0.3, 0.4) is 0 Å². The number of hydrogen-bond acceptors (Lipinski definition) is 3. The largest absolute Gasteiger partial charge is 0.493 e. The van der Waals surface area contributed by atoms with Crippen LogP contribution in [0.5, 0.6) is 5.75 Å². The van der Waals surface area contributed by atoms with Crippen LogP contribution in [0.15, 0.2) is 17.2 Å². The Balaban J connectivity index is 2.91. The van der Waals surface area contributed by atoms with E-state index in [2.05, 4.69) is 22.7 Å². The number of ether oxygens (including phenoxy) is 1. The van der Waals surface area contributed by atoms with E-state index < -0.39 is 5.82 Å². The lowest BCUT2D eigenvalue weighted by atomic mass is 10.2. The maximum absolute atomic E-state index is 13.4. The molecule has 0 aromatic heterocycles. The minimum Gasteiger partial charge on any atom is -0.493 e. The summed E-state index contributed by atoms with van der Waals surface area (Å²) in [5.41, 5.74) is 8.15. The normalized spacial score (nSPS) is 10.4. The number of benzene rings is 1. The molecule has 0 heterocycles. The van der Waals surface area contributed by atoms with E-state index in [0.717, 1.165) is 0 Å². The second-order valence-electron chi connectivity index (χ2n) is 2.75. The highest BCUT2D eigenvalue weighted by Crippen LogP contribution is 2.25. The van der Waals surface area contributed by atoms with Crippen LogP contribution in [0.1, 0.15) is 5.56 Å². The van der Waals surface area contributed by atoms with Crippen LogP contribution in [-0.4, -0.2) is 18.4 Å². The van der Waals surface area contributed by atoms with E-state index in [0.29, 0.717) is 9.13 Å². The maximum Gasteiger partial charge on any atom is 0.184 e. The first-order valence-corrected chi connectivity index (χ1v) is 5.65. The maximum atomic E-state index is 13.4. The molecule has 0 atom stereocenters. The molecular formula is C9H9FIN3OS.